The fourth-order valence-electron chi connectivity index (χ4n) is 2.74. The van der Waals surface area contributed by atoms with E-state index < -0.39 is 0 Å². The van der Waals surface area contributed by atoms with Gasteiger partial charge in [0.05, 0.1) is 17.1 Å². The van der Waals surface area contributed by atoms with Crippen molar-refractivity contribution in [3.63, 3.8) is 0 Å². The Morgan fingerprint density at radius 2 is 2.20 bits per heavy atom. The number of amides is 1. The second-order valence-corrected chi connectivity index (χ2v) is 5.79. The quantitative estimate of drug-likeness (QED) is 0.878. The molecule has 1 unspecified atom stereocenters. The first-order valence-corrected chi connectivity index (χ1v) is 7.13. The van der Waals surface area contributed by atoms with Gasteiger partial charge in [0, 0.05) is 19.6 Å². The van der Waals surface area contributed by atoms with Crippen LogP contribution in [0.15, 0.2) is 0 Å². The number of carbonyl (C=O) groups is 1. The molecule has 1 amide bonds. The first-order chi connectivity index (χ1) is 9.40. The number of nitrogen functional groups attached to an aromatic ring is 1. The van der Waals surface area contributed by atoms with E-state index in [9.17, 15) is 4.79 Å². The van der Waals surface area contributed by atoms with E-state index in [1.54, 1.807) is 9.58 Å². The molecule has 1 aromatic rings. The summed E-state index contributed by atoms with van der Waals surface area (Å²) in [6, 6.07) is 0.481. The summed E-state index contributed by atoms with van der Waals surface area (Å²) in [4.78, 5) is 16.4. The molecular formula is C14H25N5O. The highest BCUT2D eigenvalue weighted by atomic mass is 16.2. The fraction of sp³-hybridized carbons (Fsp3) is 0.714. The third-order valence-corrected chi connectivity index (χ3v) is 4.30. The van der Waals surface area contributed by atoms with Gasteiger partial charge in [-0.2, -0.15) is 5.10 Å². The molecule has 6 nitrogen and oxygen atoms in total. The minimum Gasteiger partial charge on any atom is -0.396 e. The van der Waals surface area contributed by atoms with Gasteiger partial charge in [0.1, 0.15) is 6.54 Å². The minimum absolute atomic E-state index is 0.0795. The number of carbonyl (C=O) groups excluding carboxylic acids is 1. The average molecular weight is 279 g/mol. The number of aromatic nitrogens is 2. The van der Waals surface area contributed by atoms with E-state index in [2.05, 4.69) is 17.0 Å². The van der Waals surface area contributed by atoms with E-state index in [1.807, 2.05) is 20.9 Å². The molecule has 2 N–H and O–H groups in total. The van der Waals surface area contributed by atoms with Crippen LogP contribution in [0.3, 0.4) is 0 Å². The van der Waals surface area contributed by atoms with Gasteiger partial charge in [-0.25, -0.2) is 0 Å². The summed E-state index contributed by atoms with van der Waals surface area (Å²) < 4.78 is 1.70. The number of likely N-dealkylation sites (tertiary alicyclic amines) is 1. The lowest BCUT2D eigenvalue weighted by atomic mass is 10.2. The van der Waals surface area contributed by atoms with Gasteiger partial charge in [-0.05, 0) is 40.3 Å². The predicted molar refractivity (Wildman–Crippen MR) is 79.4 cm³/mol. The summed E-state index contributed by atoms with van der Waals surface area (Å²) in [6.45, 7) is 5.93. The summed E-state index contributed by atoms with van der Waals surface area (Å²) >= 11 is 0. The van der Waals surface area contributed by atoms with Gasteiger partial charge in [-0.1, -0.05) is 0 Å². The van der Waals surface area contributed by atoms with Gasteiger partial charge in [0.15, 0.2) is 0 Å². The number of hydrogen-bond donors (Lipinski definition) is 1. The molecule has 1 aliphatic rings. The zero-order chi connectivity index (χ0) is 14.9. The van der Waals surface area contributed by atoms with Gasteiger partial charge < -0.3 is 15.5 Å². The molecule has 0 aromatic carbocycles. The number of likely N-dealkylation sites (N-methyl/N-ethyl adjacent to an activating group) is 2. The molecule has 112 valence electrons. The molecule has 1 saturated heterocycles. The lowest BCUT2D eigenvalue weighted by molar-refractivity contribution is -0.131. The van der Waals surface area contributed by atoms with E-state index in [4.69, 9.17) is 5.73 Å². The Hall–Kier alpha value is -1.56. The zero-order valence-electron chi connectivity index (χ0n) is 12.9. The molecule has 2 rings (SSSR count). The minimum atomic E-state index is 0.0795. The summed E-state index contributed by atoms with van der Waals surface area (Å²) in [5, 5.41) is 4.31. The molecular weight excluding hydrogens is 254 g/mol. The van der Waals surface area contributed by atoms with Gasteiger partial charge in [0.25, 0.3) is 0 Å². The van der Waals surface area contributed by atoms with Crippen LogP contribution in [0.4, 0.5) is 5.69 Å². The summed E-state index contributed by atoms with van der Waals surface area (Å²) in [5.74, 6) is 0.0795. The number of aryl methyl sites for hydroxylation is 1. The van der Waals surface area contributed by atoms with Crippen LogP contribution in [0.1, 0.15) is 24.2 Å². The Labute approximate surface area is 120 Å². The van der Waals surface area contributed by atoms with Crippen molar-refractivity contribution in [2.24, 2.45) is 0 Å². The molecule has 6 heteroatoms. The van der Waals surface area contributed by atoms with E-state index in [-0.39, 0.29) is 12.5 Å². The van der Waals surface area contributed by atoms with Crippen LogP contribution in [0.5, 0.6) is 0 Å². The summed E-state index contributed by atoms with van der Waals surface area (Å²) in [7, 11) is 3.99. The SMILES string of the molecule is Cc1nn(CC(=O)N(C)CC2CCCN2C)c(C)c1N. The van der Waals surface area contributed by atoms with Gasteiger partial charge in [-0.3, -0.25) is 9.48 Å². The molecule has 0 aliphatic carbocycles. The highest BCUT2D eigenvalue weighted by Crippen LogP contribution is 2.17. The van der Waals surface area contributed by atoms with Gasteiger partial charge >= 0.3 is 0 Å². The average Bonchev–Trinajstić information content (AvgIpc) is 2.90. The van der Waals surface area contributed by atoms with Crippen LogP contribution in [-0.4, -0.2) is 58.7 Å². The number of anilines is 1. The first-order valence-electron chi connectivity index (χ1n) is 7.13. The maximum Gasteiger partial charge on any atom is 0.244 e. The molecule has 20 heavy (non-hydrogen) atoms. The van der Waals surface area contributed by atoms with Crippen molar-refractivity contribution in [3.05, 3.63) is 11.4 Å². The van der Waals surface area contributed by atoms with Crippen molar-refractivity contribution in [1.82, 2.24) is 19.6 Å². The highest BCUT2D eigenvalue weighted by Gasteiger charge is 2.24. The largest absolute Gasteiger partial charge is 0.396 e. The van der Waals surface area contributed by atoms with Crippen LogP contribution in [0, 0.1) is 13.8 Å². The number of hydrogen-bond acceptors (Lipinski definition) is 4. The van der Waals surface area contributed by atoms with Crippen LogP contribution >= 0.6 is 0 Å². The third kappa shape index (κ3) is 2.95. The second kappa shape index (κ2) is 5.83. The molecule has 1 atom stereocenters. The molecule has 0 saturated carbocycles. The molecule has 1 aromatic heterocycles. The number of rotatable bonds is 4. The first kappa shape index (κ1) is 14.8. The molecule has 0 radical (unpaired) electrons. The van der Waals surface area contributed by atoms with E-state index in [0.29, 0.717) is 11.7 Å². The zero-order valence-corrected chi connectivity index (χ0v) is 12.9. The number of nitrogens with zero attached hydrogens (tertiary/aromatic N) is 4. The Balaban J connectivity index is 1.95. The van der Waals surface area contributed by atoms with Crippen LogP contribution in [-0.2, 0) is 11.3 Å². The molecule has 0 spiro atoms. The topological polar surface area (TPSA) is 67.4 Å². The van der Waals surface area contributed by atoms with Crippen molar-refractivity contribution < 1.29 is 4.79 Å². The van der Waals surface area contributed by atoms with Crippen LogP contribution in [0.2, 0.25) is 0 Å². The van der Waals surface area contributed by atoms with Crippen molar-refractivity contribution in [1.29, 1.82) is 0 Å². The van der Waals surface area contributed by atoms with Crippen molar-refractivity contribution in [2.75, 3.05) is 32.9 Å². The Morgan fingerprint density at radius 1 is 1.50 bits per heavy atom. The normalized spacial score (nSPS) is 19.5. The molecule has 2 heterocycles. The summed E-state index contributed by atoms with van der Waals surface area (Å²) in [6.07, 6.45) is 2.39. The van der Waals surface area contributed by atoms with E-state index in [0.717, 1.165) is 24.5 Å². The molecule has 1 aliphatic heterocycles. The van der Waals surface area contributed by atoms with Crippen LogP contribution < -0.4 is 5.73 Å². The van der Waals surface area contributed by atoms with Gasteiger partial charge in [-0.15, -0.1) is 0 Å². The van der Waals surface area contributed by atoms with E-state index in [1.165, 1.54) is 12.8 Å². The van der Waals surface area contributed by atoms with Crippen molar-refractivity contribution in [2.45, 2.75) is 39.3 Å². The maximum absolute atomic E-state index is 12.3. The molecule has 0 bridgehead atoms. The Morgan fingerprint density at radius 3 is 2.70 bits per heavy atom. The number of nitrogens with two attached hydrogens (primary N) is 1. The van der Waals surface area contributed by atoms with Crippen molar-refractivity contribution >= 4 is 11.6 Å². The van der Waals surface area contributed by atoms with Gasteiger partial charge in [0.2, 0.25) is 5.91 Å². The second-order valence-electron chi connectivity index (χ2n) is 5.79. The third-order valence-electron chi connectivity index (χ3n) is 4.30. The van der Waals surface area contributed by atoms with E-state index >= 15 is 0 Å². The smallest absolute Gasteiger partial charge is 0.244 e. The monoisotopic (exact) mass is 279 g/mol. The molecule has 1 fully saturated rings. The standard InChI is InChI=1S/C14H25N5O/c1-10-14(15)11(2)19(16-10)9-13(20)18(4)8-12-6-5-7-17(12)3/h12H,5-9,15H2,1-4H3. The summed E-state index contributed by atoms with van der Waals surface area (Å²) in [5.41, 5.74) is 8.22. The Bertz CT molecular complexity index is 496. The Kier molecular flexibility index (Phi) is 4.32. The fourth-order valence-corrected chi connectivity index (χ4v) is 2.74. The van der Waals surface area contributed by atoms with Crippen molar-refractivity contribution in [3.8, 4) is 0 Å². The predicted octanol–water partition coefficient (Wildman–Crippen LogP) is 0.635. The van der Waals surface area contributed by atoms with Crippen LogP contribution in [0.25, 0.3) is 0 Å². The maximum atomic E-state index is 12.3. The highest BCUT2D eigenvalue weighted by molar-refractivity contribution is 5.76. The lowest BCUT2D eigenvalue weighted by Crippen LogP contribution is -2.41. The lowest BCUT2D eigenvalue weighted by Gasteiger charge is -2.26.